The van der Waals surface area contributed by atoms with Gasteiger partial charge in [-0.25, -0.2) is 0 Å². The van der Waals surface area contributed by atoms with Gasteiger partial charge in [0, 0.05) is 26.2 Å². The molecule has 7 heteroatoms. The van der Waals surface area contributed by atoms with Crippen molar-refractivity contribution in [2.24, 2.45) is 0 Å². The van der Waals surface area contributed by atoms with Gasteiger partial charge in [-0.1, -0.05) is 13.0 Å². The number of methoxy groups -OCH3 is 1. The van der Waals surface area contributed by atoms with Crippen molar-refractivity contribution in [1.82, 2.24) is 20.1 Å². The molecule has 1 aromatic heterocycles. The molecule has 0 amide bonds. The van der Waals surface area contributed by atoms with Gasteiger partial charge in [-0.05, 0) is 31.2 Å². The molecule has 3 rings (SSSR count). The minimum atomic E-state index is 0.481. The van der Waals surface area contributed by atoms with Crippen LogP contribution in [0.25, 0.3) is 0 Å². The highest BCUT2D eigenvalue weighted by atomic mass is 16.5. The molecule has 0 unspecified atom stereocenters. The molecule has 0 aliphatic carbocycles. The first-order chi connectivity index (χ1) is 11.7. The zero-order valence-electron chi connectivity index (χ0n) is 14.5. The molecule has 1 saturated heterocycles. The summed E-state index contributed by atoms with van der Waals surface area (Å²) in [6.45, 7) is 9.34. The SMILES string of the molecule is CCN1CCN(c2cnnc(Nc3cc(C)ccc3OC)n2)CC1. The molecule has 24 heavy (non-hydrogen) atoms. The van der Waals surface area contributed by atoms with Crippen LogP contribution in [0.2, 0.25) is 0 Å². The first-order valence-corrected chi connectivity index (χ1v) is 8.28. The summed E-state index contributed by atoms with van der Waals surface area (Å²) in [6.07, 6.45) is 1.72. The first-order valence-electron chi connectivity index (χ1n) is 8.28. The lowest BCUT2D eigenvalue weighted by Gasteiger charge is -2.34. The summed E-state index contributed by atoms with van der Waals surface area (Å²) in [6, 6.07) is 5.94. The number of hydrogen-bond donors (Lipinski definition) is 1. The van der Waals surface area contributed by atoms with Crippen molar-refractivity contribution in [3.05, 3.63) is 30.0 Å². The summed E-state index contributed by atoms with van der Waals surface area (Å²) in [5.74, 6) is 2.09. The van der Waals surface area contributed by atoms with E-state index in [1.807, 2.05) is 25.1 Å². The largest absolute Gasteiger partial charge is 0.495 e. The molecular weight excluding hydrogens is 304 g/mol. The van der Waals surface area contributed by atoms with Gasteiger partial charge < -0.3 is 19.9 Å². The van der Waals surface area contributed by atoms with Crippen molar-refractivity contribution in [1.29, 1.82) is 0 Å². The van der Waals surface area contributed by atoms with E-state index in [9.17, 15) is 0 Å². The van der Waals surface area contributed by atoms with E-state index in [0.29, 0.717) is 5.95 Å². The van der Waals surface area contributed by atoms with Crippen LogP contribution in [0.3, 0.4) is 0 Å². The van der Waals surface area contributed by atoms with Crippen molar-refractivity contribution in [2.75, 3.05) is 50.1 Å². The molecule has 0 bridgehead atoms. The highest BCUT2D eigenvalue weighted by molar-refractivity contribution is 5.64. The van der Waals surface area contributed by atoms with Crippen LogP contribution < -0.4 is 15.0 Å². The van der Waals surface area contributed by atoms with Crippen LogP contribution in [-0.4, -0.2) is 59.9 Å². The van der Waals surface area contributed by atoms with E-state index in [1.165, 1.54) is 0 Å². The molecule has 7 nitrogen and oxygen atoms in total. The van der Waals surface area contributed by atoms with Gasteiger partial charge in [-0.3, -0.25) is 0 Å². The predicted molar refractivity (Wildman–Crippen MR) is 95.2 cm³/mol. The van der Waals surface area contributed by atoms with E-state index in [2.05, 4.69) is 37.2 Å². The molecule has 0 atom stereocenters. The quantitative estimate of drug-likeness (QED) is 0.901. The standard InChI is InChI=1S/C17H24N6O/c1-4-22-7-9-23(10-8-22)16-12-18-21-17(20-16)19-14-11-13(2)5-6-15(14)24-3/h5-6,11-12H,4,7-10H2,1-3H3,(H,19,20,21). The van der Waals surface area contributed by atoms with E-state index in [4.69, 9.17) is 4.74 Å². The molecule has 128 valence electrons. The molecule has 0 saturated carbocycles. The van der Waals surface area contributed by atoms with Gasteiger partial charge in [-0.2, -0.15) is 10.1 Å². The van der Waals surface area contributed by atoms with Crippen LogP contribution in [-0.2, 0) is 0 Å². The van der Waals surface area contributed by atoms with Crippen molar-refractivity contribution in [3.63, 3.8) is 0 Å². The van der Waals surface area contributed by atoms with Crippen LogP contribution in [0.1, 0.15) is 12.5 Å². The first kappa shape index (κ1) is 16.4. The maximum atomic E-state index is 5.39. The van der Waals surface area contributed by atoms with Crippen LogP contribution in [0, 0.1) is 6.92 Å². The molecule has 2 heterocycles. The van der Waals surface area contributed by atoms with Gasteiger partial charge >= 0.3 is 0 Å². The fraction of sp³-hybridized carbons (Fsp3) is 0.471. The van der Waals surface area contributed by atoms with Crippen LogP contribution in [0.4, 0.5) is 17.5 Å². The fourth-order valence-electron chi connectivity index (χ4n) is 2.83. The number of aromatic nitrogens is 3. The second kappa shape index (κ2) is 7.44. The Bertz CT molecular complexity index is 685. The van der Waals surface area contributed by atoms with Crippen molar-refractivity contribution >= 4 is 17.5 Å². The third-order valence-electron chi connectivity index (χ3n) is 4.29. The van der Waals surface area contributed by atoms with Crippen LogP contribution in [0.5, 0.6) is 5.75 Å². The molecule has 1 aromatic carbocycles. The van der Waals surface area contributed by atoms with Gasteiger partial charge in [0.1, 0.15) is 5.75 Å². The monoisotopic (exact) mass is 328 g/mol. The second-order valence-electron chi connectivity index (χ2n) is 5.89. The van der Waals surface area contributed by atoms with Gasteiger partial charge in [0.25, 0.3) is 0 Å². The van der Waals surface area contributed by atoms with Gasteiger partial charge in [0.15, 0.2) is 5.82 Å². The number of nitrogens with zero attached hydrogens (tertiary/aromatic N) is 5. The number of piperazine rings is 1. The fourth-order valence-corrected chi connectivity index (χ4v) is 2.83. The van der Waals surface area contributed by atoms with Crippen molar-refractivity contribution in [3.8, 4) is 5.75 Å². The molecule has 1 N–H and O–H groups in total. The zero-order valence-corrected chi connectivity index (χ0v) is 14.5. The molecule has 0 spiro atoms. The van der Waals surface area contributed by atoms with Gasteiger partial charge in [0.2, 0.25) is 5.95 Å². The number of likely N-dealkylation sites (N-methyl/N-ethyl adjacent to an activating group) is 1. The van der Waals surface area contributed by atoms with Gasteiger partial charge in [-0.15, -0.1) is 5.10 Å². The highest BCUT2D eigenvalue weighted by Crippen LogP contribution is 2.27. The van der Waals surface area contributed by atoms with E-state index < -0.39 is 0 Å². The Morgan fingerprint density at radius 2 is 2.00 bits per heavy atom. The van der Waals surface area contributed by atoms with Crippen molar-refractivity contribution < 1.29 is 4.74 Å². The molecular formula is C17H24N6O. The lowest BCUT2D eigenvalue weighted by molar-refractivity contribution is 0.270. The summed E-state index contributed by atoms with van der Waals surface area (Å²) < 4.78 is 5.39. The predicted octanol–water partition coefficient (Wildman–Crippen LogP) is 2.07. The van der Waals surface area contributed by atoms with Crippen LogP contribution >= 0.6 is 0 Å². The minimum Gasteiger partial charge on any atom is -0.495 e. The lowest BCUT2D eigenvalue weighted by atomic mass is 10.2. The number of benzene rings is 1. The Balaban J connectivity index is 1.75. The normalized spacial score (nSPS) is 15.4. The molecule has 2 aromatic rings. The average Bonchev–Trinajstić information content (AvgIpc) is 2.62. The third kappa shape index (κ3) is 3.73. The zero-order chi connectivity index (χ0) is 16.9. The van der Waals surface area contributed by atoms with Crippen molar-refractivity contribution in [2.45, 2.75) is 13.8 Å². The number of anilines is 3. The summed E-state index contributed by atoms with van der Waals surface area (Å²) in [7, 11) is 1.65. The van der Waals surface area contributed by atoms with E-state index in [1.54, 1.807) is 13.3 Å². The number of hydrogen-bond acceptors (Lipinski definition) is 7. The molecule has 1 aliphatic rings. The average molecular weight is 328 g/mol. The number of ether oxygens (including phenoxy) is 1. The van der Waals surface area contributed by atoms with E-state index >= 15 is 0 Å². The lowest BCUT2D eigenvalue weighted by Crippen LogP contribution is -2.46. The maximum Gasteiger partial charge on any atom is 0.249 e. The minimum absolute atomic E-state index is 0.481. The summed E-state index contributed by atoms with van der Waals surface area (Å²) >= 11 is 0. The maximum absolute atomic E-state index is 5.39. The molecule has 1 aliphatic heterocycles. The summed E-state index contributed by atoms with van der Waals surface area (Å²) in [5.41, 5.74) is 1.98. The number of aryl methyl sites for hydroxylation is 1. The topological polar surface area (TPSA) is 66.4 Å². The molecule has 0 radical (unpaired) electrons. The van der Waals surface area contributed by atoms with Gasteiger partial charge in [0.05, 0.1) is 19.0 Å². The Labute approximate surface area is 142 Å². The molecule has 1 fully saturated rings. The smallest absolute Gasteiger partial charge is 0.249 e. The summed E-state index contributed by atoms with van der Waals surface area (Å²) in [5, 5.41) is 11.4. The Hall–Kier alpha value is -2.41. The third-order valence-corrected chi connectivity index (χ3v) is 4.29. The van der Waals surface area contributed by atoms with E-state index in [0.717, 1.165) is 55.5 Å². The number of nitrogens with one attached hydrogen (secondary N) is 1. The summed E-state index contributed by atoms with van der Waals surface area (Å²) in [4.78, 5) is 9.30. The Kier molecular flexibility index (Phi) is 5.10. The Morgan fingerprint density at radius 3 is 2.71 bits per heavy atom. The van der Waals surface area contributed by atoms with E-state index in [-0.39, 0.29) is 0 Å². The second-order valence-corrected chi connectivity index (χ2v) is 5.89. The Morgan fingerprint density at radius 1 is 1.21 bits per heavy atom. The van der Waals surface area contributed by atoms with Crippen LogP contribution in [0.15, 0.2) is 24.4 Å². The number of rotatable bonds is 5. The highest BCUT2D eigenvalue weighted by Gasteiger charge is 2.18.